The Morgan fingerprint density at radius 1 is 0.933 bits per heavy atom. The summed E-state index contributed by atoms with van der Waals surface area (Å²) < 4.78 is 38.4. The Labute approximate surface area is 172 Å². The molecule has 3 rings (SSSR count). The van der Waals surface area contributed by atoms with Gasteiger partial charge in [0.1, 0.15) is 11.5 Å². The summed E-state index contributed by atoms with van der Waals surface area (Å²) in [6, 6.07) is 13.0. The number of halogens is 3. The van der Waals surface area contributed by atoms with Crippen molar-refractivity contribution >= 4 is 23.1 Å². The second-order valence-corrected chi connectivity index (χ2v) is 7.38. The molecule has 156 valence electrons. The molecule has 1 amide bonds. The number of hydrogen-bond acceptors (Lipinski definition) is 4. The van der Waals surface area contributed by atoms with Gasteiger partial charge in [-0.1, -0.05) is 18.2 Å². The molecule has 0 aliphatic heterocycles. The van der Waals surface area contributed by atoms with E-state index in [0.29, 0.717) is 11.5 Å². The quantitative estimate of drug-likeness (QED) is 0.582. The van der Waals surface area contributed by atoms with Crippen molar-refractivity contribution in [3.8, 4) is 0 Å². The normalized spacial score (nSPS) is 11.8. The smallest absolute Gasteiger partial charge is 0.355 e. The lowest BCUT2D eigenvalue weighted by Crippen LogP contribution is -2.35. The van der Waals surface area contributed by atoms with E-state index >= 15 is 0 Å². The third kappa shape index (κ3) is 4.76. The second-order valence-electron chi connectivity index (χ2n) is 7.38. The van der Waals surface area contributed by atoms with Gasteiger partial charge in [0.05, 0.1) is 5.41 Å². The summed E-state index contributed by atoms with van der Waals surface area (Å²) in [6.45, 7) is 5.45. The molecular weight excluding hydrogens is 393 g/mol. The molecule has 0 bridgehead atoms. The van der Waals surface area contributed by atoms with E-state index in [2.05, 4.69) is 20.6 Å². The summed E-state index contributed by atoms with van der Waals surface area (Å²) in [7, 11) is 0. The van der Waals surface area contributed by atoms with Gasteiger partial charge in [0.25, 0.3) is 0 Å². The van der Waals surface area contributed by atoms with E-state index in [0.717, 1.165) is 23.4 Å². The first-order valence-electron chi connectivity index (χ1n) is 9.21. The maximum absolute atomic E-state index is 12.8. The number of amides is 1. The number of anilines is 3. The molecule has 0 atom stereocenters. The largest absolute Gasteiger partial charge is 0.433 e. The minimum atomic E-state index is -4.51. The number of rotatable bonds is 5. The number of hydrogen-bond donors (Lipinski definition) is 2. The zero-order valence-electron chi connectivity index (χ0n) is 16.7. The molecule has 0 aliphatic rings. The number of nitrogens with zero attached hydrogens (tertiary/aromatic N) is 2. The SMILES string of the molecule is Cc1cccnc1NC(=O)C(C)(C)c1ccc(Nc2ccnc(C(F)(F)F)c2)cc1. The molecule has 0 unspecified atom stereocenters. The predicted molar refractivity (Wildman–Crippen MR) is 110 cm³/mol. The Morgan fingerprint density at radius 3 is 2.27 bits per heavy atom. The average molecular weight is 414 g/mol. The van der Waals surface area contributed by atoms with Crippen LogP contribution >= 0.6 is 0 Å². The molecule has 0 saturated carbocycles. The highest BCUT2D eigenvalue weighted by Gasteiger charge is 2.32. The van der Waals surface area contributed by atoms with Crippen LogP contribution in [0.1, 0.15) is 30.7 Å². The van der Waals surface area contributed by atoms with Crippen LogP contribution in [0.4, 0.5) is 30.4 Å². The number of carbonyl (C=O) groups excluding carboxylic acids is 1. The van der Waals surface area contributed by atoms with Gasteiger partial charge in [0, 0.05) is 23.8 Å². The molecule has 2 heterocycles. The van der Waals surface area contributed by atoms with Crippen LogP contribution in [0.15, 0.2) is 60.9 Å². The van der Waals surface area contributed by atoms with Crippen LogP contribution < -0.4 is 10.6 Å². The molecule has 0 fully saturated rings. The Bertz CT molecular complexity index is 1050. The van der Waals surface area contributed by atoms with Crippen molar-refractivity contribution in [1.29, 1.82) is 0 Å². The monoisotopic (exact) mass is 414 g/mol. The fraction of sp³-hybridized carbons (Fsp3) is 0.227. The van der Waals surface area contributed by atoms with Crippen molar-refractivity contribution in [2.24, 2.45) is 0 Å². The van der Waals surface area contributed by atoms with Gasteiger partial charge < -0.3 is 10.6 Å². The lowest BCUT2D eigenvalue weighted by Gasteiger charge is -2.24. The lowest BCUT2D eigenvalue weighted by molar-refractivity contribution is -0.141. The number of aromatic nitrogens is 2. The van der Waals surface area contributed by atoms with Crippen molar-refractivity contribution in [1.82, 2.24) is 9.97 Å². The topological polar surface area (TPSA) is 66.9 Å². The summed E-state index contributed by atoms with van der Waals surface area (Å²) in [5.41, 5.74) is 0.665. The van der Waals surface area contributed by atoms with Crippen LogP contribution in [-0.2, 0) is 16.4 Å². The average Bonchev–Trinajstić information content (AvgIpc) is 2.69. The Balaban J connectivity index is 1.74. The number of alkyl halides is 3. The molecular formula is C22H21F3N4O. The van der Waals surface area contributed by atoms with Crippen LogP contribution in [-0.4, -0.2) is 15.9 Å². The first-order chi connectivity index (χ1) is 14.1. The number of nitrogens with one attached hydrogen (secondary N) is 2. The molecule has 3 aromatic rings. The molecule has 1 aromatic carbocycles. The Kier molecular flexibility index (Phi) is 5.78. The van der Waals surface area contributed by atoms with Gasteiger partial charge in [-0.15, -0.1) is 0 Å². The van der Waals surface area contributed by atoms with Crippen LogP contribution in [0.3, 0.4) is 0 Å². The van der Waals surface area contributed by atoms with Crippen molar-refractivity contribution in [3.63, 3.8) is 0 Å². The molecule has 0 saturated heterocycles. The number of aryl methyl sites for hydroxylation is 1. The second kappa shape index (κ2) is 8.14. The van der Waals surface area contributed by atoms with Crippen molar-refractivity contribution in [2.45, 2.75) is 32.4 Å². The third-order valence-electron chi connectivity index (χ3n) is 4.75. The minimum Gasteiger partial charge on any atom is -0.355 e. The fourth-order valence-corrected chi connectivity index (χ4v) is 2.81. The van der Waals surface area contributed by atoms with E-state index in [4.69, 9.17) is 0 Å². The van der Waals surface area contributed by atoms with Crippen LogP contribution in [0.5, 0.6) is 0 Å². The number of benzene rings is 1. The molecule has 5 nitrogen and oxygen atoms in total. The van der Waals surface area contributed by atoms with E-state index < -0.39 is 17.3 Å². The molecule has 2 aromatic heterocycles. The van der Waals surface area contributed by atoms with Gasteiger partial charge in [-0.05, 0) is 62.2 Å². The van der Waals surface area contributed by atoms with Crippen LogP contribution in [0.2, 0.25) is 0 Å². The van der Waals surface area contributed by atoms with Crippen LogP contribution in [0.25, 0.3) is 0 Å². The third-order valence-corrected chi connectivity index (χ3v) is 4.75. The predicted octanol–water partition coefficient (Wildman–Crippen LogP) is 5.46. The van der Waals surface area contributed by atoms with Gasteiger partial charge in [-0.25, -0.2) is 4.98 Å². The van der Waals surface area contributed by atoms with Crippen molar-refractivity contribution in [3.05, 3.63) is 77.7 Å². The highest BCUT2D eigenvalue weighted by Crippen LogP contribution is 2.31. The van der Waals surface area contributed by atoms with Gasteiger partial charge in [0.2, 0.25) is 5.91 Å². The van der Waals surface area contributed by atoms with E-state index in [1.807, 2.05) is 13.0 Å². The van der Waals surface area contributed by atoms with E-state index in [1.165, 1.54) is 6.07 Å². The lowest BCUT2D eigenvalue weighted by atomic mass is 9.83. The number of carbonyl (C=O) groups is 1. The Morgan fingerprint density at radius 2 is 1.63 bits per heavy atom. The zero-order valence-corrected chi connectivity index (χ0v) is 16.7. The first kappa shape index (κ1) is 21.3. The van der Waals surface area contributed by atoms with Gasteiger partial charge in [-0.3, -0.25) is 9.78 Å². The fourth-order valence-electron chi connectivity index (χ4n) is 2.81. The number of pyridine rings is 2. The molecule has 2 N–H and O–H groups in total. The highest BCUT2D eigenvalue weighted by molar-refractivity contribution is 5.98. The standard InChI is InChI=1S/C22H21F3N4O/c1-14-5-4-11-27-19(14)29-20(30)21(2,3)15-6-8-16(9-7-15)28-17-10-12-26-18(13-17)22(23,24)25/h4-13H,1-3H3,(H,26,28)(H,27,29,30). The summed E-state index contributed by atoms with van der Waals surface area (Å²) in [5, 5.41) is 5.77. The summed E-state index contributed by atoms with van der Waals surface area (Å²) in [4.78, 5) is 20.3. The van der Waals surface area contributed by atoms with Crippen LogP contribution in [0, 0.1) is 6.92 Å². The van der Waals surface area contributed by atoms with Gasteiger partial charge in [-0.2, -0.15) is 13.2 Å². The minimum absolute atomic E-state index is 0.214. The van der Waals surface area contributed by atoms with E-state index in [9.17, 15) is 18.0 Å². The maximum atomic E-state index is 12.8. The van der Waals surface area contributed by atoms with Gasteiger partial charge in [0.15, 0.2) is 0 Å². The molecule has 0 aliphatic carbocycles. The van der Waals surface area contributed by atoms with E-state index in [1.54, 1.807) is 50.4 Å². The summed E-state index contributed by atoms with van der Waals surface area (Å²) >= 11 is 0. The van der Waals surface area contributed by atoms with E-state index in [-0.39, 0.29) is 11.6 Å². The summed E-state index contributed by atoms with van der Waals surface area (Å²) in [6.07, 6.45) is -1.79. The molecule has 0 spiro atoms. The zero-order chi connectivity index (χ0) is 21.9. The molecule has 30 heavy (non-hydrogen) atoms. The van der Waals surface area contributed by atoms with Crippen molar-refractivity contribution < 1.29 is 18.0 Å². The molecule has 8 heteroatoms. The Hall–Kier alpha value is -3.42. The molecule has 0 radical (unpaired) electrons. The van der Waals surface area contributed by atoms with Gasteiger partial charge >= 0.3 is 6.18 Å². The van der Waals surface area contributed by atoms with Crippen molar-refractivity contribution in [2.75, 3.05) is 10.6 Å². The highest BCUT2D eigenvalue weighted by atomic mass is 19.4. The maximum Gasteiger partial charge on any atom is 0.433 e. The summed E-state index contributed by atoms with van der Waals surface area (Å²) in [5.74, 6) is 0.293. The first-order valence-corrected chi connectivity index (χ1v) is 9.21.